The topological polar surface area (TPSA) is 40.5 Å². The average Bonchev–Trinajstić information content (AvgIpc) is 2.89. The van der Waals surface area contributed by atoms with Crippen LogP contribution in [0.5, 0.6) is 0 Å². The molecule has 1 aromatic heterocycles. The van der Waals surface area contributed by atoms with Gasteiger partial charge in [-0.2, -0.15) is 0 Å². The molecule has 1 amide bonds. The first kappa shape index (κ1) is 15.0. The second-order valence-corrected chi connectivity index (χ2v) is 7.91. The third kappa shape index (κ3) is 3.16. The van der Waals surface area contributed by atoms with E-state index in [4.69, 9.17) is 0 Å². The Kier molecular flexibility index (Phi) is 4.36. The van der Waals surface area contributed by atoms with E-state index in [2.05, 4.69) is 13.0 Å². The molecule has 2 unspecified atom stereocenters. The summed E-state index contributed by atoms with van der Waals surface area (Å²) in [5, 5.41) is 9.65. The molecule has 1 N–H and O–H groups in total. The van der Waals surface area contributed by atoms with E-state index in [9.17, 15) is 9.90 Å². The first-order valence-corrected chi connectivity index (χ1v) is 8.95. The summed E-state index contributed by atoms with van der Waals surface area (Å²) in [6.07, 6.45) is 5.11. The minimum atomic E-state index is -0.252. The van der Waals surface area contributed by atoms with Crippen molar-refractivity contribution in [2.45, 2.75) is 52.1 Å². The van der Waals surface area contributed by atoms with Gasteiger partial charge in [-0.05, 0) is 62.5 Å². The lowest BCUT2D eigenvalue weighted by molar-refractivity contribution is 0.0525. The third-order valence-corrected chi connectivity index (χ3v) is 6.27. The first-order valence-electron chi connectivity index (χ1n) is 8.13. The third-order valence-electron chi connectivity index (χ3n) is 5.05. The summed E-state index contributed by atoms with van der Waals surface area (Å²) >= 11 is 1.71. The molecular formula is C17H25NO2S. The second-order valence-electron chi connectivity index (χ2n) is 6.78. The second kappa shape index (κ2) is 6.09. The molecule has 4 heteroatoms. The number of aliphatic hydroxyl groups excluding tert-OH is 1. The Morgan fingerprint density at radius 2 is 2.10 bits per heavy atom. The van der Waals surface area contributed by atoms with Crippen molar-refractivity contribution in [3.8, 4) is 0 Å². The average molecular weight is 307 g/mol. The molecule has 2 atom stereocenters. The quantitative estimate of drug-likeness (QED) is 0.912. The minimum Gasteiger partial charge on any atom is -0.393 e. The number of amides is 1. The van der Waals surface area contributed by atoms with E-state index in [0.717, 1.165) is 49.6 Å². The Labute approximate surface area is 131 Å². The van der Waals surface area contributed by atoms with Crippen LogP contribution >= 0.6 is 11.3 Å². The van der Waals surface area contributed by atoms with Crippen molar-refractivity contribution < 1.29 is 9.90 Å². The first-order chi connectivity index (χ1) is 10.0. The van der Waals surface area contributed by atoms with E-state index in [1.165, 1.54) is 16.9 Å². The van der Waals surface area contributed by atoms with Gasteiger partial charge in [-0.15, -0.1) is 11.3 Å². The molecule has 0 radical (unpaired) electrons. The molecule has 0 aromatic carbocycles. The van der Waals surface area contributed by atoms with Gasteiger partial charge in [-0.1, -0.05) is 6.92 Å². The Balaban J connectivity index is 1.66. The van der Waals surface area contributed by atoms with E-state index < -0.39 is 0 Å². The number of piperidine rings is 1. The number of nitrogens with zero attached hydrogens (tertiary/aromatic N) is 1. The molecule has 1 aliphatic heterocycles. The van der Waals surface area contributed by atoms with Gasteiger partial charge < -0.3 is 10.0 Å². The van der Waals surface area contributed by atoms with E-state index in [-0.39, 0.29) is 12.0 Å². The van der Waals surface area contributed by atoms with Crippen molar-refractivity contribution in [1.82, 2.24) is 4.90 Å². The van der Waals surface area contributed by atoms with Gasteiger partial charge >= 0.3 is 0 Å². The number of carbonyl (C=O) groups excluding carboxylic acids is 1. The molecule has 3 rings (SSSR count). The van der Waals surface area contributed by atoms with Crippen LogP contribution in [0.15, 0.2) is 6.07 Å². The van der Waals surface area contributed by atoms with Crippen LogP contribution < -0.4 is 0 Å². The summed E-state index contributed by atoms with van der Waals surface area (Å²) in [5.74, 6) is 1.30. The largest absolute Gasteiger partial charge is 0.393 e. The summed E-state index contributed by atoms with van der Waals surface area (Å²) < 4.78 is 0. The van der Waals surface area contributed by atoms with Crippen molar-refractivity contribution in [1.29, 1.82) is 0 Å². The van der Waals surface area contributed by atoms with Crippen molar-refractivity contribution in [2.24, 2.45) is 11.8 Å². The molecule has 2 aliphatic rings. The molecule has 116 valence electrons. The smallest absolute Gasteiger partial charge is 0.263 e. The number of aryl methyl sites for hydroxylation is 1. The zero-order chi connectivity index (χ0) is 15.0. The van der Waals surface area contributed by atoms with Gasteiger partial charge in [0.2, 0.25) is 0 Å². The number of hydrogen-bond donors (Lipinski definition) is 1. The number of aliphatic hydroxyl groups is 1. The van der Waals surface area contributed by atoms with Gasteiger partial charge in [0.25, 0.3) is 5.91 Å². The van der Waals surface area contributed by atoms with Gasteiger partial charge in [-0.25, -0.2) is 0 Å². The zero-order valence-corrected chi connectivity index (χ0v) is 13.8. The molecule has 2 heterocycles. The maximum Gasteiger partial charge on any atom is 0.263 e. The van der Waals surface area contributed by atoms with Crippen molar-refractivity contribution in [2.75, 3.05) is 13.1 Å². The Morgan fingerprint density at radius 3 is 2.76 bits per heavy atom. The van der Waals surface area contributed by atoms with Gasteiger partial charge in [-0.3, -0.25) is 4.79 Å². The molecule has 1 saturated heterocycles. The van der Waals surface area contributed by atoms with Crippen molar-refractivity contribution in [3.05, 3.63) is 21.4 Å². The molecular weight excluding hydrogens is 282 g/mol. The summed E-state index contributed by atoms with van der Waals surface area (Å²) in [4.78, 5) is 17.0. The summed E-state index contributed by atoms with van der Waals surface area (Å²) in [7, 11) is 0. The molecule has 0 spiro atoms. The van der Waals surface area contributed by atoms with Crippen molar-refractivity contribution >= 4 is 17.2 Å². The highest BCUT2D eigenvalue weighted by Gasteiger charge is 2.28. The minimum absolute atomic E-state index is 0.200. The number of thiophene rings is 1. The lowest BCUT2D eigenvalue weighted by Crippen LogP contribution is -2.40. The van der Waals surface area contributed by atoms with Crippen LogP contribution in [0.2, 0.25) is 0 Å². The van der Waals surface area contributed by atoms with Gasteiger partial charge in [0, 0.05) is 18.0 Å². The van der Waals surface area contributed by atoms with Gasteiger partial charge in [0.1, 0.15) is 0 Å². The predicted octanol–water partition coefficient (Wildman–Crippen LogP) is 3.11. The van der Waals surface area contributed by atoms with E-state index in [1.54, 1.807) is 11.3 Å². The van der Waals surface area contributed by atoms with Crippen LogP contribution in [-0.2, 0) is 12.8 Å². The summed E-state index contributed by atoms with van der Waals surface area (Å²) in [6.45, 7) is 5.72. The highest BCUT2D eigenvalue weighted by Crippen LogP contribution is 2.33. The SMILES string of the molecule is CC1CCc2sc(C(=O)N3CCC(C(C)O)CC3)cc2C1. The summed E-state index contributed by atoms with van der Waals surface area (Å²) in [5.41, 5.74) is 1.40. The van der Waals surface area contributed by atoms with Crippen LogP contribution in [0.4, 0.5) is 0 Å². The highest BCUT2D eigenvalue weighted by molar-refractivity contribution is 7.14. The standard InChI is InChI=1S/C17H25NO2S/c1-11-3-4-15-14(9-11)10-16(21-15)17(20)18-7-5-13(6-8-18)12(2)19/h10-13,19H,3-9H2,1-2H3. The molecule has 1 aromatic rings. The molecule has 1 aliphatic carbocycles. The number of carbonyl (C=O) groups is 1. The Bertz CT molecular complexity index is 515. The number of hydrogen-bond acceptors (Lipinski definition) is 3. The molecule has 0 bridgehead atoms. The van der Waals surface area contributed by atoms with E-state index in [0.29, 0.717) is 5.92 Å². The lowest BCUT2D eigenvalue weighted by Gasteiger charge is -2.33. The molecule has 21 heavy (non-hydrogen) atoms. The molecule has 0 saturated carbocycles. The Hall–Kier alpha value is -0.870. The van der Waals surface area contributed by atoms with E-state index >= 15 is 0 Å². The van der Waals surface area contributed by atoms with Gasteiger partial charge in [0.15, 0.2) is 0 Å². The van der Waals surface area contributed by atoms with Crippen LogP contribution in [0, 0.1) is 11.8 Å². The Morgan fingerprint density at radius 1 is 1.38 bits per heavy atom. The van der Waals surface area contributed by atoms with Gasteiger partial charge in [0.05, 0.1) is 11.0 Å². The fourth-order valence-corrected chi connectivity index (χ4v) is 4.73. The van der Waals surface area contributed by atoms with E-state index in [1.807, 2.05) is 11.8 Å². The summed E-state index contributed by atoms with van der Waals surface area (Å²) in [6, 6.07) is 2.14. The fourth-order valence-electron chi connectivity index (χ4n) is 3.55. The normalized spacial score (nSPS) is 24.7. The fraction of sp³-hybridized carbons (Fsp3) is 0.706. The number of likely N-dealkylation sites (tertiary alicyclic amines) is 1. The molecule has 1 fully saturated rings. The van der Waals surface area contributed by atoms with Crippen LogP contribution in [0.3, 0.4) is 0 Å². The van der Waals surface area contributed by atoms with Crippen LogP contribution in [0.25, 0.3) is 0 Å². The zero-order valence-electron chi connectivity index (χ0n) is 13.0. The maximum absolute atomic E-state index is 12.6. The predicted molar refractivity (Wildman–Crippen MR) is 85.8 cm³/mol. The monoisotopic (exact) mass is 307 g/mol. The van der Waals surface area contributed by atoms with Crippen molar-refractivity contribution in [3.63, 3.8) is 0 Å². The highest BCUT2D eigenvalue weighted by atomic mass is 32.1. The van der Waals surface area contributed by atoms with Crippen LogP contribution in [0.1, 0.15) is 53.2 Å². The molecule has 3 nitrogen and oxygen atoms in total. The maximum atomic E-state index is 12.6. The lowest BCUT2D eigenvalue weighted by atomic mass is 9.90. The number of rotatable bonds is 2. The number of fused-ring (bicyclic) bond motifs is 1. The van der Waals surface area contributed by atoms with Crippen LogP contribution in [-0.4, -0.2) is 35.1 Å².